The highest BCUT2D eigenvalue weighted by atomic mass is 32.2. The summed E-state index contributed by atoms with van der Waals surface area (Å²) in [5.74, 6) is 2.01. The van der Waals surface area contributed by atoms with Gasteiger partial charge in [-0.25, -0.2) is 0 Å². The Morgan fingerprint density at radius 3 is 2.13 bits per heavy atom. The van der Waals surface area contributed by atoms with Gasteiger partial charge in [0.15, 0.2) is 0 Å². The summed E-state index contributed by atoms with van der Waals surface area (Å²) in [7, 11) is 0. The van der Waals surface area contributed by atoms with Crippen LogP contribution in [0.3, 0.4) is 0 Å². The summed E-state index contributed by atoms with van der Waals surface area (Å²) in [4.78, 5) is 15.5. The van der Waals surface area contributed by atoms with Gasteiger partial charge in [0.25, 0.3) is 0 Å². The van der Waals surface area contributed by atoms with Crippen molar-refractivity contribution >= 4 is 29.3 Å². The predicted octanol–water partition coefficient (Wildman–Crippen LogP) is 10.6. The van der Waals surface area contributed by atoms with E-state index in [0.29, 0.717) is 18.1 Å². The van der Waals surface area contributed by atoms with Crippen molar-refractivity contribution < 1.29 is 9.53 Å². The molecule has 1 aliphatic heterocycles. The maximum atomic E-state index is 13.3. The predicted molar refractivity (Wildman–Crippen MR) is 167 cm³/mol. The highest BCUT2D eigenvalue weighted by molar-refractivity contribution is 8.24. The van der Waals surface area contributed by atoms with Crippen LogP contribution in [0.2, 0.25) is 0 Å². The van der Waals surface area contributed by atoms with Crippen molar-refractivity contribution in [3.05, 3.63) is 63.4 Å². The smallest absolute Gasteiger partial charge is 0.205 e. The fourth-order valence-corrected chi connectivity index (χ4v) is 7.78. The van der Waals surface area contributed by atoms with E-state index in [0.717, 1.165) is 40.1 Å². The number of allylic oxidation sites excluding steroid dienone is 1. The lowest BCUT2D eigenvalue weighted by Crippen LogP contribution is -2.11. The number of ether oxygens (including phenoxy) is 1. The van der Waals surface area contributed by atoms with Crippen LogP contribution in [0.5, 0.6) is 5.75 Å². The number of aryl methyl sites for hydroxylation is 1. The molecular formula is C34H45NO2S2. The molecule has 1 aliphatic rings. The van der Waals surface area contributed by atoms with E-state index in [2.05, 4.69) is 45.9 Å². The Bertz CT molecular complexity index is 1140. The molecule has 39 heavy (non-hydrogen) atoms. The van der Waals surface area contributed by atoms with E-state index in [4.69, 9.17) is 4.74 Å². The summed E-state index contributed by atoms with van der Waals surface area (Å²) in [6.45, 7) is 9.75. The van der Waals surface area contributed by atoms with E-state index in [9.17, 15) is 10.1 Å². The number of nitrogens with zero attached hydrogens (tertiary/aromatic N) is 1. The summed E-state index contributed by atoms with van der Waals surface area (Å²) >= 11 is 3.12. The van der Waals surface area contributed by atoms with Crippen molar-refractivity contribution in [2.45, 2.75) is 108 Å². The molecule has 3 nitrogen and oxygen atoms in total. The van der Waals surface area contributed by atoms with Crippen LogP contribution in [0.25, 0.3) is 0 Å². The fourth-order valence-electron chi connectivity index (χ4n) is 5.07. The molecule has 0 spiro atoms. The number of ketones is 1. The first kappa shape index (κ1) is 31.4. The van der Waals surface area contributed by atoms with Gasteiger partial charge in [0.2, 0.25) is 5.78 Å². The van der Waals surface area contributed by atoms with Crippen LogP contribution in [-0.2, 0) is 6.42 Å². The van der Waals surface area contributed by atoms with E-state index in [-0.39, 0.29) is 11.4 Å². The zero-order valence-corrected chi connectivity index (χ0v) is 25.9. The van der Waals surface area contributed by atoms with Crippen LogP contribution in [0.1, 0.15) is 108 Å². The van der Waals surface area contributed by atoms with E-state index < -0.39 is 0 Å². The number of rotatable bonds is 17. The first-order valence-electron chi connectivity index (χ1n) is 14.9. The van der Waals surface area contributed by atoms with Gasteiger partial charge < -0.3 is 4.74 Å². The fraction of sp³-hybridized carbons (Fsp3) is 0.529. The molecule has 2 aromatic rings. The third kappa shape index (κ3) is 8.92. The molecule has 0 saturated carbocycles. The summed E-state index contributed by atoms with van der Waals surface area (Å²) in [6, 6.07) is 15.7. The first-order valence-corrected chi connectivity index (χ1v) is 16.6. The maximum Gasteiger partial charge on any atom is 0.205 e. The van der Waals surface area contributed by atoms with E-state index in [1.165, 1.54) is 73.6 Å². The number of hydrogen-bond donors (Lipinski definition) is 0. The zero-order valence-electron chi connectivity index (χ0n) is 24.3. The molecular weight excluding hydrogens is 519 g/mol. The summed E-state index contributed by atoms with van der Waals surface area (Å²) in [6.07, 6.45) is 13.2. The number of Topliss-reactive ketones (excluding diaryl/α,β-unsaturated/α-hetero) is 1. The van der Waals surface area contributed by atoms with Crippen LogP contribution in [-0.4, -0.2) is 12.4 Å². The molecule has 2 unspecified atom stereocenters. The lowest BCUT2D eigenvalue weighted by molar-refractivity contribution is 0.103. The third-order valence-electron chi connectivity index (χ3n) is 7.75. The maximum absolute atomic E-state index is 13.3. The van der Waals surface area contributed by atoms with Crippen LogP contribution in [0, 0.1) is 23.2 Å². The highest BCUT2D eigenvalue weighted by Gasteiger charge is 2.30. The number of nitriles is 1. The van der Waals surface area contributed by atoms with Crippen molar-refractivity contribution in [2.75, 3.05) is 6.61 Å². The summed E-state index contributed by atoms with van der Waals surface area (Å²) < 4.78 is 7.21. The minimum Gasteiger partial charge on any atom is -0.492 e. The van der Waals surface area contributed by atoms with Gasteiger partial charge in [-0.05, 0) is 42.7 Å². The minimum absolute atomic E-state index is 0.211. The molecule has 0 aliphatic carbocycles. The van der Waals surface area contributed by atoms with Crippen molar-refractivity contribution in [3.63, 3.8) is 0 Å². The summed E-state index contributed by atoms with van der Waals surface area (Å²) in [5, 5.41) is 10.0. The Kier molecular flexibility index (Phi) is 13.5. The highest BCUT2D eigenvalue weighted by Crippen LogP contribution is 2.57. The van der Waals surface area contributed by atoms with Crippen LogP contribution < -0.4 is 4.74 Å². The Labute approximate surface area is 245 Å². The summed E-state index contributed by atoms with van der Waals surface area (Å²) in [5.41, 5.74) is 2.08. The van der Waals surface area contributed by atoms with Crippen LogP contribution in [0.4, 0.5) is 0 Å². The number of unbranched alkanes of at least 4 members (excludes halogenated alkanes) is 2. The standard InChI is InChI=1S/C34H45NO2S2/c1-5-9-15-25(7-3)17-14-20-28-21-22-30(37-24-26(8-4)16-10-6-2)33-32(28)38-34(39-33)29(23-35)31(36)27-18-12-11-13-19-27/h11-13,18-19,21-22,25-26H,5-10,14-17,20,24H2,1-4H3/b34-29-. The van der Waals surface area contributed by atoms with Gasteiger partial charge in [-0.3, -0.25) is 4.79 Å². The number of carbonyl (C=O) groups is 1. The number of hydrogen-bond acceptors (Lipinski definition) is 5. The molecule has 5 heteroatoms. The monoisotopic (exact) mass is 563 g/mol. The average molecular weight is 564 g/mol. The molecule has 0 amide bonds. The molecule has 3 rings (SSSR count). The molecule has 0 radical (unpaired) electrons. The molecule has 0 bridgehead atoms. The Morgan fingerprint density at radius 1 is 0.846 bits per heavy atom. The number of carbonyl (C=O) groups excluding carboxylic acids is 1. The molecule has 1 heterocycles. The first-order chi connectivity index (χ1) is 19.1. The molecule has 0 N–H and O–H groups in total. The topological polar surface area (TPSA) is 50.1 Å². The largest absolute Gasteiger partial charge is 0.492 e. The molecule has 2 aromatic carbocycles. The number of thioether (sulfide) groups is 2. The van der Waals surface area contributed by atoms with Gasteiger partial charge in [0, 0.05) is 10.5 Å². The average Bonchev–Trinajstić information content (AvgIpc) is 3.42. The molecule has 0 fully saturated rings. The van der Waals surface area contributed by atoms with Crippen molar-refractivity contribution in [1.29, 1.82) is 5.26 Å². The Hall–Kier alpha value is -2.16. The minimum atomic E-state index is -0.211. The van der Waals surface area contributed by atoms with Crippen molar-refractivity contribution in [1.82, 2.24) is 0 Å². The van der Waals surface area contributed by atoms with E-state index in [1.54, 1.807) is 23.9 Å². The van der Waals surface area contributed by atoms with Gasteiger partial charge in [0.1, 0.15) is 17.4 Å². The van der Waals surface area contributed by atoms with Gasteiger partial charge in [-0.2, -0.15) is 5.26 Å². The second-order valence-electron chi connectivity index (χ2n) is 10.6. The lowest BCUT2D eigenvalue weighted by atomic mass is 9.92. The normalized spacial score (nSPS) is 15.4. The van der Waals surface area contributed by atoms with E-state index >= 15 is 0 Å². The third-order valence-corrected chi connectivity index (χ3v) is 10.4. The van der Waals surface area contributed by atoms with Crippen LogP contribution in [0.15, 0.2) is 62.1 Å². The SMILES string of the molecule is CCCCC(CC)CCCc1ccc(OCC(CC)CCCC)c2c1S/C(=C(\C#N)C(=O)c1ccccc1)S2. The number of fused-ring (bicyclic) bond motifs is 1. The van der Waals surface area contributed by atoms with Gasteiger partial charge >= 0.3 is 0 Å². The van der Waals surface area contributed by atoms with Gasteiger partial charge in [0.05, 0.1) is 15.7 Å². The quantitative estimate of drug-likeness (QED) is 0.109. The molecule has 0 saturated heterocycles. The Balaban J connectivity index is 1.86. The second-order valence-corrected chi connectivity index (χ2v) is 12.9. The molecule has 0 aromatic heterocycles. The molecule has 2 atom stereocenters. The zero-order chi connectivity index (χ0) is 28.0. The Morgan fingerprint density at radius 2 is 1.49 bits per heavy atom. The molecule has 210 valence electrons. The van der Waals surface area contributed by atoms with Gasteiger partial charge in [-0.1, -0.05) is 139 Å². The lowest BCUT2D eigenvalue weighted by Gasteiger charge is -2.18. The van der Waals surface area contributed by atoms with Gasteiger partial charge in [-0.15, -0.1) is 0 Å². The second kappa shape index (κ2) is 16.8. The van der Waals surface area contributed by atoms with Crippen molar-refractivity contribution in [3.8, 4) is 11.8 Å². The van der Waals surface area contributed by atoms with E-state index in [1.807, 2.05) is 18.2 Å². The number of benzene rings is 2. The van der Waals surface area contributed by atoms with Crippen molar-refractivity contribution in [2.24, 2.45) is 11.8 Å². The van der Waals surface area contributed by atoms with Crippen LogP contribution >= 0.6 is 23.5 Å².